The van der Waals surface area contributed by atoms with Crippen molar-refractivity contribution >= 4 is 22.7 Å². The number of rotatable bonds is 1. The number of benzene rings is 1. The summed E-state index contributed by atoms with van der Waals surface area (Å²) in [5.41, 5.74) is 15.7. The van der Waals surface area contributed by atoms with Gasteiger partial charge in [0.2, 0.25) is 0 Å². The van der Waals surface area contributed by atoms with Gasteiger partial charge in [-0.15, -0.1) is 0 Å². The van der Waals surface area contributed by atoms with E-state index in [-0.39, 0.29) is 0 Å². The van der Waals surface area contributed by atoms with Crippen molar-refractivity contribution in [1.29, 1.82) is 0 Å². The van der Waals surface area contributed by atoms with Crippen LogP contribution in [0.25, 0.3) is 22.6 Å². The van der Waals surface area contributed by atoms with Gasteiger partial charge in [-0.25, -0.2) is 9.97 Å². The molecule has 0 fully saturated rings. The van der Waals surface area contributed by atoms with Crippen molar-refractivity contribution in [3.8, 4) is 11.4 Å². The van der Waals surface area contributed by atoms with Gasteiger partial charge >= 0.3 is 0 Å². The van der Waals surface area contributed by atoms with Gasteiger partial charge in [-0.3, -0.25) is 0 Å². The van der Waals surface area contributed by atoms with Crippen molar-refractivity contribution in [3.63, 3.8) is 0 Å². The lowest BCUT2D eigenvalue weighted by molar-refractivity contribution is 1.29. The monoisotopic (exact) mass is 239 g/mol. The second kappa shape index (κ2) is 3.73. The number of aromatic amines is 1. The summed E-state index contributed by atoms with van der Waals surface area (Å²) in [5.74, 6) is 1.22. The number of hydrogen-bond acceptors (Lipinski definition) is 4. The minimum absolute atomic E-state index is 0.463. The van der Waals surface area contributed by atoms with Gasteiger partial charge < -0.3 is 16.5 Å². The topological polar surface area (TPSA) is 93.6 Å². The Morgan fingerprint density at radius 3 is 2.72 bits per heavy atom. The Kier molecular flexibility index (Phi) is 2.19. The summed E-state index contributed by atoms with van der Waals surface area (Å²) in [6.45, 7) is 2.02. The van der Waals surface area contributed by atoms with Crippen LogP contribution in [-0.2, 0) is 0 Å². The summed E-state index contributed by atoms with van der Waals surface area (Å²) in [7, 11) is 0. The highest BCUT2D eigenvalue weighted by molar-refractivity contribution is 5.78. The highest BCUT2D eigenvalue weighted by atomic mass is 15.0. The van der Waals surface area contributed by atoms with Gasteiger partial charge in [0.25, 0.3) is 0 Å². The number of H-pyrrole nitrogens is 1. The Bertz CT molecular complexity index is 729. The van der Waals surface area contributed by atoms with Crippen LogP contribution in [0, 0.1) is 6.92 Å². The van der Waals surface area contributed by atoms with Gasteiger partial charge in [0.1, 0.15) is 11.6 Å². The maximum atomic E-state index is 5.81. The molecule has 90 valence electrons. The summed E-state index contributed by atoms with van der Waals surface area (Å²) in [5, 5.41) is 0. The third-order valence-corrected chi connectivity index (χ3v) is 2.88. The number of hydrogen-bond donors (Lipinski definition) is 3. The van der Waals surface area contributed by atoms with Crippen molar-refractivity contribution in [2.45, 2.75) is 6.92 Å². The Morgan fingerprint density at radius 2 is 1.89 bits per heavy atom. The predicted octanol–water partition coefficient (Wildman–Crippen LogP) is 2.10. The Morgan fingerprint density at radius 1 is 1.06 bits per heavy atom. The molecular formula is C13H13N5. The van der Waals surface area contributed by atoms with E-state index in [1.807, 2.05) is 31.2 Å². The van der Waals surface area contributed by atoms with Gasteiger partial charge in [0, 0.05) is 11.3 Å². The van der Waals surface area contributed by atoms with Crippen LogP contribution in [0.3, 0.4) is 0 Å². The van der Waals surface area contributed by atoms with E-state index in [9.17, 15) is 0 Å². The van der Waals surface area contributed by atoms with Crippen molar-refractivity contribution in [2.75, 3.05) is 11.5 Å². The highest BCUT2D eigenvalue weighted by Crippen LogP contribution is 2.25. The van der Waals surface area contributed by atoms with E-state index in [0.29, 0.717) is 17.2 Å². The molecule has 1 aromatic carbocycles. The third-order valence-electron chi connectivity index (χ3n) is 2.88. The van der Waals surface area contributed by atoms with Gasteiger partial charge in [0.15, 0.2) is 5.65 Å². The molecule has 2 heterocycles. The van der Waals surface area contributed by atoms with E-state index in [0.717, 1.165) is 22.5 Å². The number of anilines is 2. The lowest BCUT2D eigenvalue weighted by Gasteiger charge is -2.03. The fraction of sp³-hybridized carbons (Fsp3) is 0.0769. The number of nitrogen functional groups attached to an aromatic ring is 2. The molecule has 3 rings (SSSR count). The van der Waals surface area contributed by atoms with E-state index in [1.165, 1.54) is 0 Å². The van der Waals surface area contributed by atoms with E-state index in [1.54, 1.807) is 6.07 Å². The van der Waals surface area contributed by atoms with E-state index < -0.39 is 0 Å². The number of nitrogens with zero attached hydrogens (tertiary/aromatic N) is 2. The summed E-state index contributed by atoms with van der Waals surface area (Å²) in [4.78, 5) is 11.8. The van der Waals surface area contributed by atoms with E-state index in [2.05, 4.69) is 15.0 Å². The fourth-order valence-electron chi connectivity index (χ4n) is 1.93. The molecule has 5 nitrogen and oxygen atoms in total. The van der Waals surface area contributed by atoms with Crippen LogP contribution < -0.4 is 11.5 Å². The molecule has 0 radical (unpaired) electrons. The third kappa shape index (κ3) is 1.66. The van der Waals surface area contributed by atoms with Crippen LogP contribution in [0.4, 0.5) is 11.5 Å². The van der Waals surface area contributed by atoms with Crippen LogP contribution in [0.2, 0.25) is 0 Å². The van der Waals surface area contributed by atoms with E-state index in [4.69, 9.17) is 11.5 Å². The molecule has 3 aromatic rings. The number of nitrogens with one attached hydrogen (secondary N) is 1. The van der Waals surface area contributed by atoms with Gasteiger partial charge in [-0.05, 0) is 36.8 Å². The summed E-state index contributed by atoms with van der Waals surface area (Å²) in [6.07, 6.45) is 0. The molecule has 0 aliphatic carbocycles. The number of imidazole rings is 1. The van der Waals surface area contributed by atoms with Crippen molar-refractivity contribution in [1.82, 2.24) is 15.0 Å². The molecule has 0 spiro atoms. The number of aryl methyl sites for hydroxylation is 1. The number of nitrogens with two attached hydrogens (primary N) is 2. The number of pyridine rings is 1. The molecule has 0 aliphatic rings. The highest BCUT2D eigenvalue weighted by Gasteiger charge is 2.09. The molecule has 2 aromatic heterocycles. The van der Waals surface area contributed by atoms with Crippen LogP contribution in [0.15, 0.2) is 30.3 Å². The molecule has 0 saturated carbocycles. The Balaban J connectivity index is 2.22. The van der Waals surface area contributed by atoms with Crippen molar-refractivity contribution in [2.24, 2.45) is 0 Å². The molecule has 0 aliphatic heterocycles. The van der Waals surface area contributed by atoms with Crippen LogP contribution in [0.5, 0.6) is 0 Å². The first-order valence-corrected chi connectivity index (χ1v) is 5.62. The minimum atomic E-state index is 0.463. The molecule has 18 heavy (non-hydrogen) atoms. The Labute approximate surface area is 104 Å². The molecule has 0 bridgehead atoms. The van der Waals surface area contributed by atoms with Crippen molar-refractivity contribution < 1.29 is 0 Å². The molecule has 5 heteroatoms. The molecule has 0 atom stereocenters. The normalized spacial score (nSPS) is 10.9. The van der Waals surface area contributed by atoms with Crippen LogP contribution >= 0.6 is 0 Å². The largest absolute Gasteiger partial charge is 0.399 e. The standard InChI is InChI=1S/C13H13N5/c1-7-2-3-8(14)6-9(7)12-16-10-4-5-11(15)17-13(10)18-12/h2-6H,14H2,1H3,(H3,15,16,17,18). The maximum absolute atomic E-state index is 5.81. The summed E-state index contributed by atoms with van der Waals surface area (Å²) in [6, 6.07) is 9.36. The van der Waals surface area contributed by atoms with Crippen LogP contribution in [0.1, 0.15) is 5.56 Å². The number of aromatic nitrogens is 3. The molecule has 5 N–H and O–H groups in total. The zero-order valence-electron chi connectivity index (χ0n) is 9.94. The quantitative estimate of drug-likeness (QED) is 0.567. The fourth-order valence-corrected chi connectivity index (χ4v) is 1.93. The lowest BCUT2D eigenvalue weighted by atomic mass is 10.1. The zero-order chi connectivity index (χ0) is 12.7. The molecule has 0 amide bonds. The van der Waals surface area contributed by atoms with Gasteiger partial charge in [-0.2, -0.15) is 0 Å². The predicted molar refractivity (Wildman–Crippen MR) is 72.9 cm³/mol. The first-order chi connectivity index (χ1) is 8.63. The molecule has 0 saturated heterocycles. The smallest absolute Gasteiger partial charge is 0.180 e. The molecule has 0 unspecified atom stereocenters. The average molecular weight is 239 g/mol. The Hall–Kier alpha value is -2.56. The number of fused-ring (bicyclic) bond motifs is 1. The molecular weight excluding hydrogens is 226 g/mol. The lowest BCUT2D eigenvalue weighted by Crippen LogP contribution is -1.90. The van der Waals surface area contributed by atoms with Gasteiger partial charge in [-0.1, -0.05) is 6.07 Å². The first kappa shape index (κ1) is 10.6. The average Bonchev–Trinajstić information content (AvgIpc) is 2.74. The summed E-state index contributed by atoms with van der Waals surface area (Å²) < 4.78 is 0. The van der Waals surface area contributed by atoms with Crippen molar-refractivity contribution in [3.05, 3.63) is 35.9 Å². The first-order valence-electron chi connectivity index (χ1n) is 5.62. The van der Waals surface area contributed by atoms with Gasteiger partial charge in [0.05, 0.1) is 5.52 Å². The minimum Gasteiger partial charge on any atom is -0.399 e. The maximum Gasteiger partial charge on any atom is 0.180 e. The van der Waals surface area contributed by atoms with Crippen LogP contribution in [-0.4, -0.2) is 15.0 Å². The SMILES string of the molecule is Cc1ccc(N)cc1-c1nc2nc(N)ccc2[nH]1. The van der Waals surface area contributed by atoms with E-state index >= 15 is 0 Å². The second-order valence-corrected chi connectivity index (χ2v) is 4.27. The zero-order valence-corrected chi connectivity index (χ0v) is 9.94. The summed E-state index contributed by atoms with van der Waals surface area (Å²) >= 11 is 0. The second-order valence-electron chi connectivity index (χ2n) is 4.27.